The Labute approximate surface area is 173 Å². The number of aryl methyl sites for hydroxylation is 2. The number of aromatic nitrogens is 1. The van der Waals surface area contributed by atoms with Crippen molar-refractivity contribution in [2.75, 3.05) is 6.61 Å². The van der Waals surface area contributed by atoms with E-state index in [9.17, 15) is 10.1 Å². The number of rotatable bonds is 5. The molecule has 29 heavy (non-hydrogen) atoms. The molecule has 1 aliphatic heterocycles. The van der Waals surface area contributed by atoms with Crippen molar-refractivity contribution in [1.82, 2.24) is 4.57 Å². The van der Waals surface area contributed by atoms with E-state index in [1.807, 2.05) is 11.4 Å². The van der Waals surface area contributed by atoms with E-state index in [0.717, 1.165) is 52.3 Å². The van der Waals surface area contributed by atoms with Crippen LogP contribution in [-0.4, -0.2) is 22.2 Å². The van der Waals surface area contributed by atoms with Gasteiger partial charge in [0.15, 0.2) is 4.80 Å². The first-order valence-corrected chi connectivity index (χ1v) is 10.6. The van der Waals surface area contributed by atoms with Crippen molar-refractivity contribution >= 4 is 22.7 Å². The molecule has 0 radical (unpaired) electrons. The first kappa shape index (κ1) is 19.5. The number of nitro groups is 1. The fourth-order valence-corrected chi connectivity index (χ4v) is 4.47. The van der Waals surface area contributed by atoms with Gasteiger partial charge in [0, 0.05) is 29.7 Å². The monoisotopic (exact) mass is 409 g/mol. The zero-order valence-electron chi connectivity index (χ0n) is 16.5. The van der Waals surface area contributed by atoms with Crippen LogP contribution in [0.1, 0.15) is 24.0 Å². The Balaban J connectivity index is 1.84. The van der Waals surface area contributed by atoms with Gasteiger partial charge in [-0.05, 0) is 43.9 Å². The van der Waals surface area contributed by atoms with Gasteiger partial charge in [-0.1, -0.05) is 24.3 Å². The number of hydrogen-bond donors (Lipinski definition) is 0. The van der Waals surface area contributed by atoms with Crippen LogP contribution in [0.25, 0.3) is 11.3 Å². The quantitative estimate of drug-likeness (QED) is 0.432. The first-order valence-electron chi connectivity index (χ1n) is 9.68. The molecule has 1 aromatic heterocycles. The molecule has 7 heteroatoms. The van der Waals surface area contributed by atoms with E-state index in [1.165, 1.54) is 6.07 Å². The summed E-state index contributed by atoms with van der Waals surface area (Å²) in [6, 6.07) is 13.0. The highest BCUT2D eigenvalue weighted by molar-refractivity contribution is 7.07. The second-order valence-electron chi connectivity index (χ2n) is 7.36. The van der Waals surface area contributed by atoms with E-state index in [1.54, 1.807) is 23.5 Å². The summed E-state index contributed by atoms with van der Waals surface area (Å²) in [4.78, 5) is 16.7. The van der Waals surface area contributed by atoms with Crippen LogP contribution in [0.15, 0.2) is 52.8 Å². The van der Waals surface area contributed by atoms with Gasteiger partial charge in [0.25, 0.3) is 5.69 Å². The number of benzene rings is 2. The van der Waals surface area contributed by atoms with Gasteiger partial charge in [0.1, 0.15) is 0 Å². The third-order valence-electron chi connectivity index (χ3n) is 5.14. The molecule has 1 atom stereocenters. The molecule has 1 saturated heterocycles. The molecule has 150 valence electrons. The molecule has 0 aliphatic carbocycles. The van der Waals surface area contributed by atoms with Crippen LogP contribution < -0.4 is 4.80 Å². The Hall–Kier alpha value is -2.77. The molecule has 4 rings (SSSR count). The van der Waals surface area contributed by atoms with Gasteiger partial charge in [-0.15, -0.1) is 11.3 Å². The summed E-state index contributed by atoms with van der Waals surface area (Å²) in [5.41, 5.74) is 5.05. The van der Waals surface area contributed by atoms with Crippen LogP contribution in [0.4, 0.5) is 11.4 Å². The highest BCUT2D eigenvalue weighted by Gasteiger charge is 2.20. The Morgan fingerprint density at radius 2 is 2.14 bits per heavy atom. The van der Waals surface area contributed by atoms with Gasteiger partial charge in [0.2, 0.25) is 0 Å². The molecule has 0 bridgehead atoms. The third-order valence-corrected chi connectivity index (χ3v) is 6.00. The number of non-ortho nitro benzene ring substituents is 1. The summed E-state index contributed by atoms with van der Waals surface area (Å²) in [6.45, 7) is 5.58. The zero-order valence-corrected chi connectivity index (χ0v) is 17.3. The predicted octanol–water partition coefficient (Wildman–Crippen LogP) is 5.15. The second kappa shape index (κ2) is 8.31. The van der Waals surface area contributed by atoms with Crippen LogP contribution in [0.2, 0.25) is 0 Å². The topological polar surface area (TPSA) is 69.7 Å². The van der Waals surface area contributed by atoms with Crippen LogP contribution in [-0.2, 0) is 11.3 Å². The van der Waals surface area contributed by atoms with E-state index in [0.29, 0.717) is 6.54 Å². The maximum absolute atomic E-state index is 11.2. The highest BCUT2D eigenvalue weighted by Crippen LogP contribution is 2.27. The Morgan fingerprint density at radius 3 is 2.90 bits per heavy atom. The van der Waals surface area contributed by atoms with Gasteiger partial charge >= 0.3 is 0 Å². The van der Waals surface area contributed by atoms with Crippen LogP contribution >= 0.6 is 11.3 Å². The fourth-order valence-electron chi connectivity index (χ4n) is 3.54. The minimum atomic E-state index is -0.359. The number of nitrogens with zero attached hydrogens (tertiary/aromatic N) is 3. The van der Waals surface area contributed by atoms with Crippen LogP contribution in [0, 0.1) is 24.0 Å². The number of thiazole rings is 1. The summed E-state index contributed by atoms with van der Waals surface area (Å²) < 4.78 is 8.00. The molecule has 2 aromatic carbocycles. The normalized spacial score (nSPS) is 17.0. The van der Waals surface area contributed by atoms with Crippen molar-refractivity contribution < 1.29 is 9.66 Å². The van der Waals surface area contributed by atoms with Gasteiger partial charge < -0.3 is 9.30 Å². The summed E-state index contributed by atoms with van der Waals surface area (Å²) >= 11 is 1.55. The molecule has 0 N–H and O–H groups in total. The summed E-state index contributed by atoms with van der Waals surface area (Å²) in [6.07, 6.45) is 2.21. The molecule has 1 unspecified atom stereocenters. The van der Waals surface area contributed by atoms with Crippen molar-refractivity contribution in [2.24, 2.45) is 4.99 Å². The Morgan fingerprint density at radius 1 is 1.28 bits per heavy atom. The lowest BCUT2D eigenvalue weighted by Crippen LogP contribution is -2.24. The van der Waals surface area contributed by atoms with Gasteiger partial charge in [-0.25, -0.2) is 4.99 Å². The van der Waals surface area contributed by atoms with Gasteiger partial charge in [-0.3, -0.25) is 10.1 Å². The molecular weight excluding hydrogens is 386 g/mol. The average molecular weight is 410 g/mol. The number of hydrogen-bond acceptors (Lipinski definition) is 5. The average Bonchev–Trinajstić information content (AvgIpc) is 3.36. The predicted molar refractivity (Wildman–Crippen MR) is 115 cm³/mol. The molecule has 6 nitrogen and oxygen atoms in total. The molecule has 0 spiro atoms. The maximum atomic E-state index is 11.2. The molecule has 1 aliphatic rings. The zero-order chi connectivity index (χ0) is 20.4. The number of nitro benzene ring substituents is 1. The number of ether oxygens (including phenoxy) is 1. The molecule has 2 heterocycles. The molecule has 0 amide bonds. The van der Waals surface area contributed by atoms with Gasteiger partial charge in [0.05, 0.1) is 29.0 Å². The fraction of sp³-hybridized carbons (Fsp3) is 0.318. The lowest BCUT2D eigenvalue weighted by molar-refractivity contribution is -0.384. The Bertz CT molecular complexity index is 1110. The molecule has 0 saturated carbocycles. The first-order chi connectivity index (χ1) is 14.0. The smallest absolute Gasteiger partial charge is 0.270 e. The summed E-state index contributed by atoms with van der Waals surface area (Å²) in [7, 11) is 0. The van der Waals surface area contributed by atoms with Crippen LogP contribution in [0.5, 0.6) is 0 Å². The Kier molecular flexibility index (Phi) is 5.60. The molecular formula is C22H23N3O3S. The van der Waals surface area contributed by atoms with E-state index in [-0.39, 0.29) is 16.7 Å². The van der Waals surface area contributed by atoms with E-state index >= 15 is 0 Å². The standard InChI is InChI=1S/C22H23N3O3S/c1-15-8-9-16(2)20(11-15)23-22-24(13-19-7-4-10-28-19)21(14-29-22)17-5-3-6-18(12-17)25(26)27/h3,5-6,8-9,11-12,14,19H,4,7,10,13H2,1-2H3. The van der Waals surface area contributed by atoms with Crippen molar-refractivity contribution in [3.63, 3.8) is 0 Å². The van der Waals surface area contributed by atoms with Crippen molar-refractivity contribution in [3.8, 4) is 11.3 Å². The van der Waals surface area contributed by atoms with Crippen molar-refractivity contribution in [3.05, 3.63) is 73.9 Å². The summed E-state index contributed by atoms with van der Waals surface area (Å²) in [5, 5.41) is 13.3. The third kappa shape index (κ3) is 4.31. The van der Waals surface area contributed by atoms with E-state index in [4.69, 9.17) is 9.73 Å². The lowest BCUT2D eigenvalue weighted by atomic mass is 10.1. The minimum Gasteiger partial charge on any atom is -0.376 e. The van der Waals surface area contributed by atoms with E-state index in [2.05, 4.69) is 36.6 Å². The maximum Gasteiger partial charge on any atom is 0.270 e. The van der Waals surface area contributed by atoms with Gasteiger partial charge in [-0.2, -0.15) is 0 Å². The SMILES string of the molecule is Cc1ccc(C)c(N=c2scc(-c3cccc([N+](=O)[O-])c3)n2CC2CCCO2)c1. The van der Waals surface area contributed by atoms with Crippen LogP contribution in [0.3, 0.4) is 0 Å². The lowest BCUT2D eigenvalue weighted by Gasteiger charge is -2.14. The van der Waals surface area contributed by atoms with Crippen molar-refractivity contribution in [2.45, 2.75) is 39.3 Å². The largest absolute Gasteiger partial charge is 0.376 e. The molecule has 1 fully saturated rings. The minimum absolute atomic E-state index is 0.0883. The summed E-state index contributed by atoms with van der Waals surface area (Å²) in [5.74, 6) is 0. The second-order valence-corrected chi connectivity index (χ2v) is 8.19. The molecule has 3 aromatic rings. The van der Waals surface area contributed by atoms with E-state index < -0.39 is 0 Å². The highest BCUT2D eigenvalue weighted by atomic mass is 32.1. The van der Waals surface area contributed by atoms with Crippen molar-refractivity contribution in [1.29, 1.82) is 0 Å².